The molecule has 0 fully saturated rings. The minimum atomic E-state index is 0.140. The van der Waals surface area contributed by atoms with Crippen molar-refractivity contribution in [3.63, 3.8) is 0 Å². The molecule has 1 N–H and O–H groups in total. The molecular weight excluding hydrogens is 276 g/mol. The second-order valence-corrected chi connectivity index (χ2v) is 5.50. The molecule has 0 radical (unpaired) electrons. The van der Waals surface area contributed by atoms with E-state index >= 15 is 0 Å². The van der Waals surface area contributed by atoms with Crippen LogP contribution in [0, 0.1) is 0 Å². The van der Waals surface area contributed by atoms with Crippen molar-refractivity contribution in [3.8, 4) is 11.3 Å². The number of rotatable bonds is 3. The fourth-order valence-corrected chi connectivity index (χ4v) is 2.33. The van der Waals surface area contributed by atoms with Crippen LogP contribution in [-0.4, -0.2) is 12.0 Å². The highest BCUT2D eigenvalue weighted by Crippen LogP contribution is 2.30. The van der Waals surface area contributed by atoms with Crippen LogP contribution in [0.1, 0.15) is 18.9 Å². The number of thiophene rings is 1. The van der Waals surface area contributed by atoms with Crippen LogP contribution in [0.3, 0.4) is 0 Å². The van der Waals surface area contributed by atoms with E-state index in [0.717, 1.165) is 21.0 Å². The van der Waals surface area contributed by atoms with Gasteiger partial charge in [-0.05, 0) is 36.0 Å². The minimum absolute atomic E-state index is 0.140. The molecule has 2 aromatic rings. The Kier molecular flexibility index (Phi) is 3.23. The van der Waals surface area contributed by atoms with Gasteiger partial charge in [0, 0.05) is 10.9 Å². The number of halogens is 1. The highest BCUT2D eigenvalue weighted by atomic mass is 79.9. The number of nitrogens with one attached hydrogen (secondary N) is 1. The predicted octanol–water partition coefficient (Wildman–Crippen LogP) is 3.45. The number of hydrogen-bond acceptors (Lipinski definition) is 4. The van der Waals surface area contributed by atoms with Crippen molar-refractivity contribution in [2.75, 3.05) is 7.05 Å². The first kappa shape index (κ1) is 10.9. The van der Waals surface area contributed by atoms with Crippen LogP contribution in [0.25, 0.3) is 11.3 Å². The zero-order chi connectivity index (χ0) is 10.8. The van der Waals surface area contributed by atoms with Crippen LogP contribution in [0.15, 0.2) is 25.8 Å². The third kappa shape index (κ3) is 2.30. The molecule has 0 spiro atoms. The van der Waals surface area contributed by atoms with E-state index in [4.69, 9.17) is 4.42 Å². The molecule has 0 saturated carbocycles. The molecule has 0 aliphatic rings. The van der Waals surface area contributed by atoms with Gasteiger partial charge in [0.15, 0.2) is 5.76 Å². The summed E-state index contributed by atoms with van der Waals surface area (Å²) in [4.78, 5) is 4.23. The molecule has 1 atom stereocenters. The lowest BCUT2D eigenvalue weighted by Gasteiger charge is -2.03. The lowest BCUT2D eigenvalue weighted by atomic mass is 10.3. The van der Waals surface area contributed by atoms with Crippen molar-refractivity contribution >= 4 is 27.3 Å². The summed E-state index contributed by atoms with van der Waals surface area (Å²) >= 11 is 5.06. The van der Waals surface area contributed by atoms with Gasteiger partial charge in [-0.2, -0.15) is 0 Å². The summed E-state index contributed by atoms with van der Waals surface area (Å²) in [5.74, 6) is 1.53. The van der Waals surface area contributed by atoms with Crippen LogP contribution >= 0.6 is 27.3 Å². The predicted molar refractivity (Wildman–Crippen MR) is 65.0 cm³/mol. The fourth-order valence-electron chi connectivity index (χ4n) is 1.18. The Labute approximate surface area is 101 Å². The second-order valence-electron chi connectivity index (χ2n) is 3.21. The molecule has 2 rings (SSSR count). The summed E-state index contributed by atoms with van der Waals surface area (Å²) in [7, 11) is 1.88. The van der Waals surface area contributed by atoms with Gasteiger partial charge in [0.05, 0.1) is 16.0 Å². The van der Waals surface area contributed by atoms with Crippen LogP contribution in [0.2, 0.25) is 0 Å². The van der Waals surface area contributed by atoms with E-state index in [1.165, 1.54) is 0 Å². The van der Waals surface area contributed by atoms with Crippen molar-refractivity contribution in [2.45, 2.75) is 13.0 Å². The molecule has 15 heavy (non-hydrogen) atoms. The third-order valence-corrected chi connectivity index (χ3v) is 3.68. The van der Waals surface area contributed by atoms with E-state index in [0.29, 0.717) is 0 Å². The summed E-state index contributed by atoms with van der Waals surface area (Å²) in [6.45, 7) is 2.01. The Morgan fingerprint density at radius 2 is 2.40 bits per heavy atom. The highest BCUT2D eigenvalue weighted by molar-refractivity contribution is 9.11. The number of aromatic nitrogens is 1. The minimum Gasteiger partial charge on any atom is -0.439 e. The molecule has 2 aromatic heterocycles. The van der Waals surface area contributed by atoms with Gasteiger partial charge >= 0.3 is 0 Å². The summed E-state index contributed by atoms with van der Waals surface area (Å²) in [5, 5.41) is 5.13. The average molecular weight is 287 g/mol. The molecule has 0 saturated heterocycles. The first-order valence-corrected chi connectivity index (χ1v) is 6.25. The molecule has 2 heterocycles. The summed E-state index contributed by atoms with van der Waals surface area (Å²) < 4.78 is 6.74. The first-order chi connectivity index (χ1) is 7.20. The fraction of sp³-hybridized carbons (Fsp3) is 0.300. The first-order valence-electron chi connectivity index (χ1n) is 4.58. The van der Waals surface area contributed by atoms with Gasteiger partial charge in [-0.3, -0.25) is 0 Å². The monoisotopic (exact) mass is 286 g/mol. The zero-order valence-electron chi connectivity index (χ0n) is 8.45. The molecule has 0 aliphatic heterocycles. The Hall–Kier alpha value is -0.650. The maximum atomic E-state index is 5.65. The van der Waals surface area contributed by atoms with Crippen LogP contribution in [-0.2, 0) is 0 Å². The topological polar surface area (TPSA) is 38.1 Å². The highest BCUT2D eigenvalue weighted by Gasteiger charge is 2.12. The molecule has 0 aliphatic carbocycles. The largest absolute Gasteiger partial charge is 0.439 e. The number of nitrogens with zero attached hydrogens (tertiary/aromatic N) is 1. The van der Waals surface area contributed by atoms with Gasteiger partial charge in [-0.1, -0.05) is 0 Å². The molecule has 0 bridgehead atoms. The van der Waals surface area contributed by atoms with Crippen LogP contribution in [0.5, 0.6) is 0 Å². The normalized spacial score (nSPS) is 13.0. The van der Waals surface area contributed by atoms with E-state index < -0.39 is 0 Å². The van der Waals surface area contributed by atoms with Gasteiger partial charge in [-0.25, -0.2) is 4.98 Å². The smallest absolute Gasteiger partial charge is 0.211 e. The second kappa shape index (κ2) is 4.47. The quantitative estimate of drug-likeness (QED) is 0.939. The van der Waals surface area contributed by atoms with Crippen LogP contribution in [0.4, 0.5) is 0 Å². The van der Waals surface area contributed by atoms with E-state index in [-0.39, 0.29) is 6.04 Å². The Bertz CT molecular complexity index is 452. The molecular formula is C10H11BrN2OS. The van der Waals surface area contributed by atoms with Gasteiger partial charge in [0.2, 0.25) is 5.89 Å². The zero-order valence-corrected chi connectivity index (χ0v) is 10.9. The number of oxazole rings is 1. The van der Waals surface area contributed by atoms with Crippen LogP contribution < -0.4 is 5.32 Å². The van der Waals surface area contributed by atoms with Crippen molar-refractivity contribution in [1.82, 2.24) is 10.3 Å². The van der Waals surface area contributed by atoms with Crippen molar-refractivity contribution in [1.29, 1.82) is 0 Å². The Balaban J connectivity index is 2.27. The maximum Gasteiger partial charge on any atom is 0.211 e. The molecule has 0 aromatic carbocycles. The lowest BCUT2D eigenvalue weighted by molar-refractivity contribution is 0.441. The van der Waals surface area contributed by atoms with E-state index in [9.17, 15) is 0 Å². The molecule has 3 nitrogen and oxygen atoms in total. The lowest BCUT2D eigenvalue weighted by Crippen LogP contribution is -2.12. The van der Waals surface area contributed by atoms with Gasteiger partial charge in [0.25, 0.3) is 0 Å². The molecule has 80 valence electrons. The van der Waals surface area contributed by atoms with Gasteiger partial charge < -0.3 is 9.73 Å². The molecule has 1 unspecified atom stereocenters. The molecule has 5 heteroatoms. The standard InChI is InChI=1S/C10H11BrN2OS/c1-6(12-2)10-13-4-8(14-10)7-3-9(11)15-5-7/h3-6,12H,1-2H3. The van der Waals surface area contributed by atoms with E-state index in [2.05, 4.69) is 26.2 Å². The van der Waals surface area contributed by atoms with Gasteiger partial charge in [0.1, 0.15) is 0 Å². The Morgan fingerprint density at radius 1 is 1.60 bits per heavy atom. The maximum absolute atomic E-state index is 5.65. The number of hydrogen-bond donors (Lipinski definition) is 1. The van der Waals surface area contributed by atoms with Crippen molar-refractivity contribution in [3.05, 3.63) is 27.3 Å². The third-order valence-electron chi connectivity index (χ3n) is 2.18. The Morgan fingerprint density at radius 3 is 3.00 bits per heavy atom. The SMILES string of the molecule is CNC(C)c1ncc(-c2csc(Br)c2)o1. The van der Waals surface area contributed by atoms with E-state index in [1.54, 1.807) is 17.5 Å². The van der Waals surface area contributed by atoms with Crippen molar-refractivity contribution < 1.29 is 4.42 Å². The van der Waals surface area contributed by atoms with E-state index in [1.807, 2.05) is 25.4 Å². The van der Waals surface area contributed by atoms with Gasteiger partial charge in [-0.15, -0.1) is 11.3 Å². The van der Waals surface area contributed by atoms with Crippen molar-refractivity contribution in [2.24, 2.45) is 0 Å². The summed E-state index contributed by atoms with van der Waals surface area (Å²) in [5.41, 5.74) is 1.06. The summed E-state index contributed by atoms with van der Waals surface area (Å²) in [6.07, 6.45) is 1.76. The molecule has 0 amide bonds. The summed E-state index contributed by atoms with van der Waals surface area (Å²) in [6, 6.07) is 2.17. The average Bonchev–Trinajstić information content (AvgIpc) is 2.84.